The first-order valence-electron chi connectivity index (χ1n) is 7.55. The maximum atomic E-state index is 13.9. The number of aryl methyl sites for hydroxylation is 1. The number of hydrogen-bond acceptors (Lipinski definition) is 3. The van der Waals surface area contributed by atoms with Gasteiger partial charge in [0, 0.05) is 21.9 Å². The van der Waals surface area contributed by atoms with E-state index in [1.54, 1.807) is 5.38 Å². The average Bonchev–Trinajstić information content (AvgIpc) is 2.97. The maximum Gasteiger partial charge on any atom is 0.331 e. The van der Waals surface area contributed by atoms with Gasteiger partial charge < -0.3 is 10.4 Å². The minimum atomic E-state index is -1.57. The van der Waals surface area contributed by atoms with Crippen molar-refractivity contribution < 1.29 is 23.5 Å². The number of fused-ring (bicyclic) bond motifs is 1. The number of rotatable bonds is 4. The van der Waals surface area contributed by atoms with Crippen molar-refractivity contribution in [2.45, 2.75) is 31.7 Å². The Morgan fingerprint density at radius 2 is 1.96 bits per heavy atom. The van der Waals surface area contributed by atoms with E-state index < -0.39 is 29.6 Å². The van der Waals surface area contributed by atoms with Gasteiger partial charge >= 0.3 is 5.97 Å². The number of benzene rings is 1. The predicted octanol–water partition coefficient (Wildman–Crippen LogP) is 3.46. The molecular formula is C17H15F2NO3S. The van der Waals surface area contributed by atoms with Crippen LogP contribution < -0.4 is 5.32 Å². The molecule has 0 spiro atoms. The van der Waals surface area contributed by atoms with E-state index >= 15 is 0 Å². The Kier molecular flexibility index (Phi) is 4.62. The lowest BCUT2D eigenvalue weighted by molar-refractivity contribution is -0.139. The Labute approximate surface area is 141 Å². The van der Waals surface area contributed by atoms with Crippen LogP contribution in [0.3, 0.4) is 0 Å². The Bertz CT molecular complexity index is 803. The SMILES string of the molecule is O=C(NC(C(=O)O)c1ccc(F)cc1F)c1csc2c1CCCC2. The van der Waals surface area contributed by atoms with Crippen LogP contribution in [-0.2, 0) is 17.6 Å². The summed E-state index contributed by atoms with van der Waals surface area (Å²) < 4.78 is 26.9. The molecule has 0 fully saturated rings. The molecular weight excluding hydrogens is 336 g/mol. The first-order valence-corrected chi connectivity index (χ1v) is 8.43. The predicted molar refractivity (Wildman–Crippen MR) is 85.2 cm³/mol. The van der Waals surface area contributed by atoms with Crippen molar-refractivity contribution in [3.05, 3.63) is 56.8 Å². The number of aliphatic carboxylic acids is 1. The third-order valence-electron chi connectivity index (χ3n) is 4.10. The van der Waals surface area contributed by atoms with Crippen molar-refractivity contribution in [2.24, 2.45) is 0 Å². The second-order valence-corrected chi connectivity index (χ2v) is 6.63. The van der Waals surface area contributed by atoms with Gasteiger partial charge in [-0.3, -0.25) is 4.79 Å². The van der Waals surface area contributed by atoms with Crippen molar-refractivity contribution in [3.63, 3.8) is 0 Å². The Morgan fingerprint density at radius 1 is 1.21 bits per heavy atom. The van der Waals surface area contributed by atoms with E-state index in [0.29, 0.717) is 11.6 Å². The number of carbonyl (C=O) groups excluding carboxylic acids is 1. The summed E-state index contributed by atoms with van der Waals surface area (Å²) in [4.78, 5) is 25.1. The van der Waals surface area contributed by atoms with E-state index in [-0.39, 0.29) is 5.56 Å². The minimum absolute atomic E-state index is 0.277. The highest BCUT2D eigenvalue weighted by Crippen LogP contribution is 2.30. The second-order valence-electron chi connectivity index (χ2n) is 5.67. The molecule has 24 heavy (non-hydrogen) atoms. The highest BCUT2D eigenvalue weighted by Gasteiger charge is 2.28. The van der Waals surface area contributed by atoms with Crippen molar-refractivity contribution in [3.8, 4) is 0 Å². The fraction of sp³-hybridized carbons (Fsp3) is 0.294. The number of hydrogen-bond donors (Lipinski definition) is 2. The zero-order valence-corrected chi connectivity index (χ0v) is 13.5. The van der Waals surface area contributed by atoms with Gasteiger partial charge in [0.15, 0.2) is 6.04 Å². The average molecular weight is 351 g/mol. The molecule has 1 aromatic carbocycles. The monoisotopic (exact) mass is 351 g/mol. The largest absolute Gasteiger partial charge is 0.479 e. The molecule has 126 valence electrons. The van der Waals surface area contributed by atoms with Crippen molar-refractivity contribution in [2.75, 3.05) is 0 Å². The van der Waals surface area contributed by atoms with Gasteiger partial charge in [-0.25, -0.2) is 13.6 Å². The van der Waals surface area contributed by atoms with E-state index in [2.05, 4.69) is 5.32 Å². The van der Waals surface area contributed by atoms with Gasteiger partial charge in [0.05, 0.1) is 5.56 Å². The van der Waals surface area contributed by atoms with Gasteiger partial charge in [0.2, 0.25) is 0 Å². The van der Waals surface area contributed by atoms with Crippen LogP contribution in [0.5, 0.6) is 0 Å². The smallest absolute Gasteiger partial charge is 0.331 e. The van der Waals surface area contributed by atoms with Crippen LogP contribution in [-0.4, -0.2) is 17.0 Å². The molecule has 1 aromatic heterocycles. The van der Waals surface area contributed by atoms with Gasteiger partial charge in [-0.1, -0.05) is 6.07 Å². The van der Waals surface area contributed by atoms with Crippen LogP contribution in [0.4, 0.5) is 8.78 Å². The van der Waals surface area contributed by atoms with Crippen LogP contribution >= 0.6 is 11.3 Å². The van der Waals surface area contributed by atoms with E-state index in [1.807, 2.05) is 0 Å². The summed E-state index contributed by atoms with van der Waals surface area (Å²) in [5.41, 5.74) is 1.12. The van der Waals surface area contributed by atoms with Gasteiger partial charge in [0.1, 0.15) is 11.6 Å². The van der Waals surface area contributed by atoms with E-state index in [4.69, 9.17) is 0 Å². The number of halogens is 2. The quantitative estimate of drug-likeness (QED) is 0.886. The van der Waals surface area contributed by atoms with Gasteiger partial charge in [0.25, 0.3) is 5.91 Å². The molecule has 2 aromatic rings. The summed E-state index contributed by atoms with van der Waals surface area (Å²) in [6.07, 6.45) is 3.76. The summed E-state index contributed by atoms with van der Waals surface area (Å²) in [5, 5.41) is 13.4. The first kappa shape index (κ1) is 16.6. The Balaban J connectivity index is 1.87. The molecule has 2 N–H and O–H groups in total. The van der Waals surface area contributed by atoms with Crippen LogP contribution in [0, 0.1) is 11.6 Å². The summed E-state index contributed by atoms with van der Waals surface area (Å²) in [6, 6.07) is 1.03. The summed E-state index contributed by atoms with van der Waals surface area (Å²) in [5.74, 6) is -3.77. The fourth-order valence-electron chi connectivity index (χ4n) is 2.90. The highest BCUT2D eigenvalue weighted by atomic mass is 32.1. The lowest BCUT2D eigenvalue weighted by atomic mass is 9.95. The number of nitrogens with one attached hydrogen (secondary N) is 1. The third-order valence-corrected chi connectivity index (χ3v) is 5.19. The van der Waals surface area contributed by atoms with Crippen molar-refractivity contribution >= 4 is 23.2 Å². The first-order chi connectivity index (χ1) is 11.5. The normalized spacial score (nSPS) is 14.8. The highest BCUT2D eigenvalue weighted by molar-refractivity contribution is 7.10. The number of carbonyl (C=O) groups is 2. The molecule has 0 saturated heterocycles. The van der Waals surface area contributed by atoms with Gasteiger partial charge in [-0.15, -0.1) is 11.3 Å². The number of thiophene rings is 1. The topological polar surface area (TPSA) is 66.4 Å². The Morgan fingerprint density at radius 3 is 2.67 bits per heavy atom. The molecule has 0 bridgehead atoms. The standard InChI is InChI=1S/C17H15F2NO3S/c18-9-5-6-11(13(19)7-9)15(17(22)23)20-16(21)12-8-24-14-4-2-1-3-10(12)14/h5-8,15H,1-4H2,(H,20,21)(H,22,23). The number of amides is 1. The molecule has 7 heteroatoms. The molecule has 1 aliphatic rings. The summed E-state index contributed by atoms with van der Waals surface area (Å²) in [7, 11) is 0. The van der Waals surface area contributed by atoms with Crippen LogP contribution in [0.1, 0.15) is 45.2 Å². The number of carboxylic acid groups (broad SMARTS) is 1. The van der Waals surface area contributed by atoms with Crippen molar-refractivity contribution in [1.29, 1.82) is 0 Å². The van der Waals surface area contributed by atoms with E-state index in [1.165, 1.54) is 11.3 Å². The van der Waals surface area contributed by atoms with Crippen LogP contribution in [0.15, 0.2) is 23.6 Å². The van der Waals surface area contributed by atoms with Crippen molar-refractivity contribution in [1.82, 2.24) is 5.32 Å². The maximum absolute atomic E-state index is 13.9. The summed E-state index contributed by atoms with van der Waals surface area (Å²) >= 11 is 1.48. The lowest BCUT2D eigenvalue weighted by Crippen LogP contribution is -2.34. The molecule has 4 nitrogen and oxygen atoms in total. The minimum Gasteiger partial charge on any atom is -0.479 e. The molecule has 0 radical (unpaired) electrons. The summed E-state index contributed by atoms with van der Waals surface area (Å²) in [6.45, 7) is 0. The zero-order valence-electron chi connectivity index (χ0n) is 12.6. The third kappa shape index (κ3) is 3.17. The molecule has 1 atom stereocenters. The second kappa shape index (κ2) is 6.68. The van der Waals surface area contributed by atoms with Gasteiger partial charge in [-0.2, -0.15) is 0 Å². The molecule has 1 heterocycles. The van der Waals surface area contributed by atoms with E-state index in [9.17, 15) is 23.5 Å². The molecule has 1 unspecified atom stereocenters. The Hall–Kier alpha value is -2.28. The van der Waals surface area contributed by atoms with Crippen LogP contribution in [0.2, 0.25) is 0 Å². The molecule has 1 aliphatic carbocycles. The number of carboxylic acids is 1. The molecule has 3 rings (SSSR count). The molecule has 1 amide bonds. The molecule has 0 aliphatic heterocycles. The van der Waals surface area contributed by atoms with E-state index in [0.717, 1.165) is 48.3 Å². The molecule has 0 saturated carbocycles. The lowest BCUT2D eigenvalue weighted by Gasteiger charge is -2.17. The fourth-order valence-corrected chi connectivity index (χ4v) is 4.03. The van der Waals surface area contributed by atoms with Gasteiger partial charge in [-0.05, 0) is 37.3 Å². The zero-order chi connectivity index (χ0) is 17.3. The van der Waals surface area contributed by atoms with Crippen LogP contribution in [0.25, 0.3) is 0 Å².